The first kappa shape index (κ1) is 18.4. The molecule has 0 saturated heterocycles. The summed E-state index contributed by atoms with van der Waals surface area (Å²) in [6, 6.07) is 22.4. The highest BCUT2D eigenvalue weighted by atomic mass is 14.5. The molecule has 0 saturated carbocycles. The van der Waals surface area contributed by atoms with Gasteiger partial charge < -0.3 is 5.73 Å². The molecule has 0 amide bonds. The summed E-state index contributed by atoms with van der Waals surface area (Å²) in [7, 11) is 0. The number of benzene rings is 3. The van der Waals surface area contributed by atoms with Crippen LogP contribution in [0.2, 0.25) is 0 Å². The highest BCUT2D eigenvalue weighted by Crippen LogP contribution is 2.32. The van der Waals surface area contributed by atoms with Gasteiger partial charge in [0.2, 0.25) is 0 Å². The summed E-state index contributed by atoms with van der Waals surface area (Å²) < 4.78 is 0. The van der Waals surface area contributed by atoms with Gasteiger partial charge in [0.25, 0.3) is 0 Å². The van der Waals surface area contributed by atoms with Crippen LogP contribution in [0.3, 0.4) is 0 Å². The van der Waals surface area contributed by atoms with Crippen LogP contribution in [-0.4, -0.2) is 6.54 Å². The topological polar surface area (TPSA) is 26.0 Å². The second-order valence-electron chi connectivity index (χ2n) is 7.32. The van der Waals surface area contributed by atoms with Crippen molar-refractivity contribution in [2.75, 3.05) is 6.54 Å². The number of hydrogen-bond donors (Lipinski definition) is 1. The monoisotopic (exact) mass is 343 g/mol. The Morgan fingerprint density at radius 2 is 1.35 bits per heavy atom. The fraction of sp³-hybridized carbons (Fsp3) is 0.280. The maximum absolute atomic E-state index is 5.79. The normalized spacial score (nSPS) is 10.9. The summed E-state index contributed by atoms with van der Waals surface area (Å²) in [5.74, 6) is 0. The minimum absolute atomic E-state index is 0.734. The quantitative estimate of drug-likeness (QED) is 0.605. The van der Waals surface area contributed by atoms with E-state index >= 15 is 0 Å². The van der Waals surface area contributed by atoms with Crippen molar-refractivity contribution in [1.82, 2.24) is 0 Å². The van der Waals surface area contributed by atoms with Crippen LogP contribution >= 0.6 is 0 Å². The number of aryl methyl sites for hydroxylation is 4. The first-order valence-corrected chi connectivity index (χ1v) is 9.52. The van der Waals surface area contributed by atoms with Crippen LogP contribution < -0.4 is 5.73 Å². The number of nitrogens with two attached hydrogens (primary N) is 1. The average molecular weight is 344 g/mol. The minimum atomic E-state index is 0.734. The lowest BCUT2D eigenvalue weighted by Gasteiger charge is -2.18. The molecule has 3 rings (SSSR count). The second-order valence-corrected chi connectivity index (χ2v) is 7.32. The highest BCUT2D eigenvalue weighted by molar-refractivity contribution is 5.73. The molecule has 2 N–H and O–H groups in total. The average Bonchev–Trinajstić information content (AvgIpc) is 2.64. The summed E-state index contributed by atoms with van der Waals surface area (Å²) in [6.07, 6.45) is 3.03. The molecule has 0 spiro atoms. The van der Waals surface area contributed by atoms with E-state index in [4.69, 9.17) is 5.73 Å². The molecule has 0 heterocycles. The lowest BCUT2D eigenvalue weighted by molar-refractivity contribution is 0.824. The van der Waals surface area contributed by atoms with E-state index in [1.807, 2.05) is 0 Å². The fourth-order valence-corrected chi connectivity index (χ4v) is 3.57. The van der Waals surface area contributed by atoms with E-state index in [-0.39, 0.29) is 0 Å². The zero-order valence-electron chi connectivity index (χ0n) is 16.2. The standard InChI is InChI=1S/C25H29N/c1-18-6-11-21(12-7-18)17-24-22(5-4-16-26)15-10-20(3)25(24)23-13-8-19(2)9-14-23/h6-15H,4-5,16-17,26H2,1-3H3. The summed E-state index contributed by atoms with van der Waals surface area (Å²) in [5.41, 5.74) is 16.7. The predicted molar refractivity (Wildman–Crippen MR) is 113 cm³/mol. The smallest absolute Gasteiger partial charge is 0.00168 e. The van der Waals surface area contributed by atoms with E-state index in [0.717, 1.165) is 25.8 Å². The highest BCUT2D eigenvalue weighted by Gasteiger charge is 2.14. The molecule has 134 valence electrons. The van der Waals surface area contributed by atoms with Crippen molar-refractivity contribution in [2.24, 2.45) is 5.73 Å². The molecule has 0 aromatic heterocycles. The molecule has 0 bridgehead atoms. The van der Waals surface area contributed by atoms with Gasteiger partial charge in [-0.25, -0.2) is 0 Å². The van der Waals surface area contributed by atoms with Crippen LogP contribution in [-0.2, 0) is 12.8 Å². The van der Waals surface area contributed by atoms with Crippen molar-refractivity contribution in [1.29, 1.82) is 0 Å². The van der Waals surface area contributed by atoms with Crippen molar-refractivity contribution in [3.63, 3.8) is 0 Å². The molecule has 0 unspecified atom stereocenters. The van der Waals surface area contributed by atoms with Crippen LogP contribution in [0, 0.1) is 20.8 Å². The predicted octanol–water partition coefficient (Wildman–Crippen LogP) is 5.76. The van der Waals surface area contributed by atoms with Crippen LogP contribution in [0.1, 0.15) is 39.8 Å². The second kappa shape index (κ2) is 8.33. The Hall–Kier alpha value is -2.38. The van der Waals surface area contributed by atoms with Crippen LogP contribution in [0.4, 0.5) is 0 Å². The molecule has 3 aromatic carbocycles. The van der Waals surface area contributed by atoms with Gasteiger partial charge in [-0.2, -0.15) is 0 Å². The van der Waals surface area contributed by atoms with Crippen LogP contribution in [0.5, 0.6) is 0 Å². The Morgan fingerprint density at radius 1 is 0.731 bits per heavy atom. The van der Waals surface area contributed by atoms with Gasteiger partial charge in [0.15, 0.2) is 0 Å². The van der Waals surface area contributed by atoms with E-state index in [1.165, 1.54) is 44.5 Å². The Labute approximate surface area is 157 Å². The number of rotatable bonds is 6. The van der Waals surface area contributed by atoms with E-state index < -0.39 is 0 Å². The van der Waals surface area contributed by atoms with Crippen molar-refractivity contribution < 1.29 is 0 Å². The first-order chi connectivity index (χ1) is 12.6. The zero-order valence-corrected chi connectivity index (χ0v) is 16.2. The van der Waals surface area contributed by atoms with E-state index in [0.29, 0.717) is 0 Å². The lowest BCUT2D eigenvalue weighted by atomic mass is 9.86. The molecule has 3 aromatic rings. The van der Waals surface area contributed by atoms with E-state index in [9.17, 15) is 0 Å². The minimum Gasteiger partial charge on any atom is -0.330 e. The van der Waals surface area contributed by atoms with Crippen LogP contribution in [0.25, 0.3) is 11.1 Å². The molecule has 1 heteroatoms. The Balaban J connectivity index is 2.11. The van der Waals surface area contributed by atoms with Gasteiger partial charge >= 0.3 is 0 Å². The summed E-state index contributed by atoms with van der Waals surface area (Å²) in [4.78, 5) is 0. The van der Waals surface area contributed by atoms with Crippen molar-refractivity contribution in [2.45, 2.75) is 40.0 Å². The molecule has 26 heavy (non-hydrogen) atoms. The summed E-state index contributed by atoms with van der Waals surface area (Å²) in [6.45, 7) is 7.24. The van der Waals surface area contributed by atoms with Crippen molar-refractivity contribution >= 4 is 0 Å². The first-order valence-electron chi connectivity index (χ1n) is 9.52. The van der Waals surface area contributed by atoms with Gasteiger partial charge in [0.1, 0.15) is 0 Å². The third-order valence-corrected chi connectivity index (χ3v) is 5.11. The molecule has 0 radical (unpaired) electrons. The summed E-state index contributed by atoms with van der Waals surface area (Å²) >= 11 is 0. The van der Waals surface area contributed by atoms with Gasteiger partial charge in [0, 0.05) is 0 Å². The largest absolute Gasteiger partial charge is 0.330 e. The molecular weight excluding hydrogens is 314 g/mol. The fourth-order valence-electron chi connectivity index (χ4n) is 3.57. The molecule has 0 aliphatic heterocycles. The molecule has 0 aliphatic carbocycles. The maximum Gasteiger partial charge on any atom is -0.00168 e. The van der Waals surface area contributed by atoms with Gasteiger partial charge in [-0.1, -0.05) is 71.8 Å². The molecule has 0 atom stereocenters. The Kier molecular flexibility index (Phi) is 5.90. The lowest BCUT2D eigenvalue weighted by Crippen LogP contribution is -2.05. The number of hydrogen-bond acceptors (Lipinski definition) is 1. The van der Waals surface area contributed by atoms with E-state index in [1.54, 1.807) is 0 Å². The maximum atomic E-state index is 5.79. The van der Waals surface area contributed by atoms with Gasteiger partial charge in [-0.3, -0.25) is 0 Å². The van der Waals surface area contributed by atoms with Gasteiger partial charge in [0.05, 0.1) is 0 Å². The molecule has 0 fully saturated rings. The third-order valence-electron chi connectivity index (χ3n) is 5.11. The third kappa shape index (κ3) is 4.23. The van der Waals surface area contributed by atoms with Gasteiger partial charge in [-0.05, 0) is 80.0 Å². The van der Waals surface area contributed by atoms with Crippen molar-refractivity contribution in [3.05, 3.63) is 94.0 Å². The molecule has 0 aliphatic rings. The zero-order chi connectivity index (χ0) is 18.5. The van der Waals surface area contributed by atoms with Crippen molar-refractivity contribution in [3.8, 4) is 11.1 Å². The van der Waals surface area contributed by atoms with Gasteiger partial charge in [-0.15, -0.1) is 0 Å². The molecular formula is C25H29N. The molecule has 1 nitrogen and oxygen atoms in total. The summed E-state index contributed by atoms with van der Waals surface area (Å²) in [5, 5.41) is 0. The Morgan fingerprint density at radius 3 is 1.96 bits per heavy atom. The SMILES string of the molecule is Cc1ccc(Cc2c(CCCN)ccc(C)c2-c2ccc(C)cc2)cc1. The Bertz CT molecular complexity index is 858. The van der Waals surface area contributed by atoms with Crippen LogP contribution in [0.15, 0.2) is 60.7 Å². The van der Waals surface area contributed by atoms with E-state index in [2.05, 4.69) is 81.4 Å².